The predicted octanol–water partition coefficient (Wildman–Crippen LogP) is 2.29. The molecule has 2 aromatic rings. The minimum Gasteiger partial charge on any atom is -0.497 e. The average Bonchev–Trinajstić information content (AvgIpc) is 3.13. The van der Waals surface area contributed by atoms with Gasteiger partial charge in [0.25, 0.3) is 0 Å². The molecule has 1 atom stereocenters. The first-order chi connectivity index (χ1) is 14.3. The highest BCUT2D eigenvalue weighted by Crippen LogP contribution is 2.28. The second-order valence-electron chi connectivity index (χ2n) is 6.79. The Labute approximate surface area is 179 Å². The van der Waals surface area contributed by atoms with Crippen molar-refractivity contribution in [1.82, 2.24) is 9.29 Å². The largest absolute Gasteiger partial charge is 0.497 e. The van der Waals surface area contributed by atoms with Crippen molar-refractivity contribution in [3.8, 4) is 5.75 Å². The van der Waals surface area contributed by atoms with Gasteiger partial charge in [0.2, 0.25) is 15.9 Å². The summed E-state index contributed by atoms with van der Waals surface area (Å²) in [4.78, 5) is 29.1. The monoisotopic (exact) mass is 453 g/mol. The number of methoxy groups -OCH3 is 2. The summed E-state index contributed by atoms with van der Waals surface area (Å²) in [7, 11) is -0.933. The number of benzene rings is 1. The Bertz CT molecular complexity index is 1030. The Hall–Kier alpha value is -2.50. The fourth-order valence-corrected chi connectivity index (χ4v) is 5.62. The van der Waals surface area contributed by atoms with E-state index in [2.05, 4.69) is 10.3 Å². The van der Waals surface area contributed by atoms with Crippen LogP contribution in [-0.4, -0.2) is 56.9 Å². The van der Waals surface area contributed by atoms with Crippen LogP contribution in [0.5, 0.6) is 5.75 Å². The van der Waals surface area contributed by atoms with Crippen molar-refractivity contribution in [3.63, 3.8) is 0 Å². The van der Waals surface area contributed by atoms with Crippen LogP contribution in [0.2, 0.25) is 0 Å². The van der Waals surface area contributed by atoms with E-state index in [1.807, 2.05) is 0 Å². The highest BCUT2D eigenvalue weighted by atomic mass is 32.2. The van der Waals surface area contributed by atoms with Crippen molar-refractivity contribution >= 4 is 38.4 Å². The molecule has 0 aliphatic carbocycles. The molecule has 1 N–H and O–H groups in total. The van der Waals surface area contributed by atoms with Gasteiger partial charge in [0.05, 0.1) is 30.7 Å². The number of thiazole rings is 1. The number of aryl methyl sites for hydroxylation is 1. The summed E-state index contributed by atoms with van der Waals surface area (Å²) in [6.45, 7) is 2.08. The van der Waals surface area contributed by atoms with Crippen LogP contribution in [0.25, 0.3) is 0 Å². The molecule has 11 heteroatoms. The third kappa shape index (κ3) is 4.63. The lowest BCUT2D eigenvalue weighted by molar-refractivity contribution is -0.120. The molecule has 0 radical (unpaired) electrons. The van der Waals surface area contributed by atoms with E-state index in [0.717, 1.165) is 11.3 Å². The van der Waals surface area contributed by atoms with Crippen LogP contribution in [0.1, 0.15) is 28.2 Å². The van der Waals surface area contributed by atoms with Crippen LogP contribution in [0.3, 0.4) is 0 Å². The number of hydrogen-bond donors (Lipinski definition) is 1. The lowest BCUT2D eigenvalue weighted by Crippen LogP contribution is -2.43. The molecule has 1 fully saturated rings. The third-order valence-corrected chi connectivity index (χ3v) is 7.78. The molecule has 1 aliphatic rings. The first-order valence-corrected chi connectivity index (χ1v) is 11.5. The van der Waals surface area contributed by atoms with Gasteiger partial charge in [-0.1, -0.05) is 11.3 Å². The van der Waals surface area contributed by atoms with E-state index in [4.69, 9.17) is 9.47 Å². The minimum atomic E-state index is -3.72. The van der Waals surface area contributed by atoms with Crippen LogP contribution in [0, 0.1) is 12.8 Å². The van der Waals surface area contributed by atoms with Gasteiger partial charge in [0.15, 0.2) is 5.13 Å². The summed E-state index contributed by atoms with van der Waals surface area (Å²) < 4.78 is 37.0. The number of carbonyl (C=O) groups excluding carboxylic acids is 2. The number of hydrogen-bond acceptors (Lipinski definition) is 8. The van der Waals surface area contributed by atoms with Gasteiger partial charge in [-0.15, -0.1) is 0 Å². The maximum absolute atomic E-state index is 13.0. The molecule has 3 rings (SSSR count). The molecule has 1 aromatic carbocycles. The van der Waals surface area contributed by atoms with E-state index in [9.17, 15) is 18.0 Å². The second-order valence-corrected chi connectivity index (χ2v) is 9.73. The average molecular weight is 454 g/mol. The number of ether oxygens (including phenoxy) is 2. The Kier molecular flexibility index (Phi) is 6.74. The van der Waals surface area contributed by atoms with Crippen LogP contribution >= 0.6 is 11.3 Å². The summed E-state index contributed by atoms with van der Waals surface area (Å²) in [6.07, 6.45) is 1.13. The fraction of sp³-hybridized carbons (Fsp3) is 0.421. The van der Waals surface area contributed by atoms with Gasteiger partial charge < -0.3 is 14.8 Å². The lowest BCUT2D eigenvalue weighted by atomic mass is 9.99. The Morgan fingerprint density at radius 2 is 1.93 bits per heavy atom. The van der Waals surface area contributed by atoms with Gasteiger partial charge in [-0.05, 0) is 44.0 Å². The van der Waals surface area contributed by atoms with E-state index >= 15 is 0 Å². The van der Waals surface area contributed by atoms with Crippen LogP contribution in [0.15, 0.2) is 29.2 Å². The first-order valence-electron chi connectivity index (χ1n) is 9.27. The first kappa shape index (κ1) is 22.2. The highest BCUT2D eigenvalue weighted by molar-refractivity contribution is 7.89. The smallest absolute Gasteiger partial charge is 0.350 e. The molecule has 9 nitrogen and oxygen atoms in total. The summed E-state index contributed by atoms with van der Waals surface area (Å²) in [5, 5.41) is 2.99. The van der Waals surface area contributed by atoms with Crippen LogP contribution < -0.4 is 10.1 Å². The quantitative estimate of drug-likeness (QED) is 0.667. The van der Waals surface area contributed by atoms with Gasteiger partial charge in [-0.2, -0.15) is 4.31 Å². The van der Waals surface area contributed by atoms with Gasteiger partial charge >= 0.3 is 5.97 Å². The number of piperidine rings is 1. The van der Waals surface area contributed by atoms with Gasteiger partial charge in [0, 0.05) is 13.1 Å². The number of carbonyl (C=O) groups is 2. The van der Waals surface area contributed by atoms with Crippen LogP contribution in [0.4, 0.5) is 5.13 Å². The lowest BCUT2D eigenvalue weighted by Gasteiger charge is -2.31. The molecule has 1 saturated heterocycles. The molecule has 162 valence electrons. The van der Waals surface area contributed by atoms with E-state index in [-0.39, 0.29) is 22.5 Å². The van der Waals surface area contributed by atoms with Crippen molar-refractivity contribution in [2.24, 2.45) is 5.92 Å². The maximum Gasteiger partial charge on any atom is 0.350 e. The Morgan fingerprint density at radius 1 is 1.23 bits per heavy atom. The second kappa shape index (κ2) is 9.11. The molecular weight excluding hydrogens is 430 g/mol. The number of nitrogens with zero attached hydrogens (tertiary/aromatic N) is 2. The predicted molar refractivity (Wildman–Crippen MR) is 111 cm³/mol. The number of nitrogens with one attached hydrogen (secondary N) is 1. The molecule has 1 unspecified atom stereocenters. The maximum atomic E-state index is 13.0. The van der Waals surface area contributed by atoms with E-state index in [1.54, 1.807) is 19.1 Å². The molecule has 0 bridgehead atoms. The molecule has 30 heavy (non-hydrogen) atoms. The van der Waals surface area contributed by atoms with Gasteiger partial charge in [-0.3, -0.25) is 4.79 Å². The minimum absolute atomic E-state index is 0.0778. The van der Waals surface area contributed by atoms with Crippen molar-refractivity contribution < 1.29 is 27.5 Å². The van der Waals surface area contributed by atoms with Crippen molar-refractivity contribution in [2.45, 2.75) is 24.7 Å². The summed E-state index contributed by atoms with van der Waals surface area (Å²) in [5.41, 5.74) is 0.467. The number of rotatable bonds is 6. The van der Waals surface area contributed by atoms with E-state index < -0.39 is 21.9 Å². The number of amides is 1. The number of aromatic nitrogens is 1. The van der Waals surface area contributed by atoms with Crippen LogP contribution in [-0.2, 0) is 19.6 Å². The molecule has 1 amide bonds. The normalized spacial score (nSPS) is 17.4. The third-order valence-electron chi connectivity index (χ3n) is 4.85. The topological polar surface area (TPSA) is 115 Å². The number of anilines is 1. The zero-order valence-electron chi connectivity index (χ0n) is 16.9. The molecule has 0 spiro atoms. The molecule has 1 aliphatic heterocycles. The van der Waals surface area contributed by atoms with E-state index in [0.29, 0.717) is 35.7 Å². The zero-order valence-corrected chi connectivity index (χ0v) is 18.5. The SMILES string of the molecule is COC(=O)c1sc(NC(=O)C2CCCN(S(=O)(=O)c3ccc(OC)cc3)C2)nc1C. The summed E-state index contributed by atoms with van der Waals surface area (Å²) >= 11 is 1.03. The standard InChI is InChI=1S/C19H23N3O6S2/c1-12-16(18(24)28-3)29-19(20-12)21-17(23)13-5-4-10-22(11-13)30(25,26)15-8-6-14(27-2)7-9-15/h6-9,13H,4-5,10-11H2,1-3H3,(H,20,21,23). The van der Waals surface area contributed by atoms with Crippen molar-refractivity contribution in [3.05, 3.63) is 34.8 Å². The van der Waals surface area contributed by atoms with Gasteiger partial charge in [0.1, 0.15) is 10.6 Å². The Balaban J connectivity index is 1.70. The summed E-state index contributed by atoms with van der Waals surface area (Å²) in [6, 6.07) is 6.16. The van der Waals surface area contributed by atoms with Crippen molar-refractivity contribution in [2.75, 3.05) is 32.6 Å². The fourth-order valence-electron chi connectivity index (χ4n) is 3.21. The number of sulfonamides is 1. The number of esters is 1. The Morgan fingerprint density at radius 3 is 2.57 bits per heavy atom. The molecule has 0 saturated carbocycles. The molecular formula is C19H23N3O6S2. The highest BCUT2D eigenvalue weighted by Gasteiger charge is 2.33. The molecule has 2 heterocycles. The van der Waals surface area contributed by atoms with E-state index in [1.165, 1.54) is 30.7 Å². The van der Waals surface area contributed by atoms with Gasteiger partial charge in [-0.25, -0.2) is 18.2 Å². The molecule has 1 aromatic heterocycles. The summed E-state index contributed by atoms with van der Waals surface area (Å²) in [5.74, 6) is -0.790. The van der Waals surface area contributed by atoms with Crippen molar-refractivity contribution in [1.29, 1.82) is 0 Å². The zero-order chi connectivity index (χ0) is 21.9.